The number of amides is 3. The van der Waals surface area contributed by atoms with Gasteiger partial charge in [0.25, 0.3) is 17.1 Å². The quantitative estimate of drug-likeness (QED) is 0.813. The number of aryl methyl sites for hydroxylation is 1. The Morgan fingerprint density at radius 3 is 2.65 bits per heavy atom. The molecule has 2 aromatic rings. The molecule has 1 fully saturated rings. The minimum Gasteiger partial charge on any atom is -0.459 e. The van der Waals surface area contributed by atoms with E-state index in [1.54, 1.807) is 13.0 Å². The predicted octanol–water partition coefficient (Wildman–Crippen LogP) is 3.19. The minimum absolute atomic E-state index is 0.0525. The number of benzene rings is 1. The van der Waals surface area contributed by atoms with Crippen molar-refractivity contribution >= 4 is 34.9 Å². The second-order valence-electron chi connectivity index (χ2n) is 5.57. The van der Waals surface area contributed by atoms with Gasteiger partial charge >= 0.3 is 0 Å². The van der Waals surface area contributed by atoms with E-state index in [-0.39, 0.29) is 29.6 Å². The average molecular weight is 374 g/mol. The first-order valence-corrected chi connectivity index (χ1v) is 8.60. The Morgan fingerprint density at radius 2 is 2.00 bits per heavy atom. The zero-order chi connectivity index (χ0) is 18.7. The lowest BCUT2D eigenvalue weighted by Crippen LogP contribution is -2.37. The number of nitrogens with zero attached hydrogens (tertiary/aromatic N) is 1. The number of rotatable bonds is 5. The smallest absolute Gasteiger partial charge is 0.293 e. The molecule has 0 spiro atoms. The van der Waals surface area contributed by atoms with Crippen molar-refractivity contribution in [3.8, 4) is 0 Å². The summed E-state index contributed by atoms with van der Waals surface area (Å²) in [6.45, 7) is 1.91. The van der Waals surface area contributed by atoms with Crippen LogP contribution in [0.25, 0.3) is 6.08 Å². The second-order valence-corrected chi connectivity index (χ2v) is 6.57. The molecule has 2 heterocycles. The first-order valence-electron chi connectivity index (χ1n) is 7.79. The molecule has 134 valence electrons. The van der Waals surface area contributed by atoms with Gasteiger partial charge in [0, 0.05) is 18.7 Å². The summed E-state index contributed by atoms with van der Waals surface area (Å²) in [5.74, 6) is -1.01. The molecule has 3 rings (SSSR count). The zero-order valence-electron chi connectivity index (χ0n) is 13.8. The number of carbonyl (C=O) groups is 3. The van der Waals surface area contributed by atoms with Crippen LogP contribution in [0.3, 0.4) is 0 Å². The van der Waals surface area contributed by atoms with Gasteiger partial charge in [0.1, 0.15) is 5.82 Å². The number of thioether (sulfide) groups is 1. The highest BCUT2D eigenvalue weighted by Gasteiger charge is 2.34. The summed E-state index contributed by atoms with van der Waals surface area (Å²) in [5, 5.41) is 2.21. The van der Waals surface area contributed by atoms with E-state index in [1.807, 2.05) is 0 Å². The lowest BCUT2D eigenvalue weighted by Gasteiger charge is -2.12. The van der Waals surface area contributed by atoms with Crippen LogP contribution in [-0.4, -0.2) is 35.0 Å². The fourth-order valence-electron chi connectivity index (χ4n) is 2.37. The maximum Gasteiger partial charge on any atom is 0.293 e. The highest BCUT2D eigenvalue weighted by atomic mass is 32.2. The summed E-state index contributed by atoms with van der Waals surface area (Å²) in [7, 11) is 0. The number of hydrogen-bond donors (Lipinski definition) is 1. The zero-order valence-corrected chi connectivity index (χ0v) is 14.6. The van der Waals surface area contributed by atoms with E-state index in [4.69, 9.17) is 4.42 Å². The Hall–Kier alpha value is -2.87. The highest BCUT2D eigenvalue weighted by molar-refractivity contribution is 8.18. The SMILES string of the molecule is Cc1ccoc1C(=O)NCCN1C(=O)SC(=Cc2ccc(F)cc2)C1=O. The van der Waals surface area contributed by atoms with Crippen LogP contribution in [0.2, 0.25) is 0 Å². The molecule has 0 saturated carbocycles. The van der Waals surface area contributed by atoms with Crippen LogP contribution in [0.15, 0.2) is 45.9 Å². The van der Waals surface area contributed by atoms with Crippen molar-refractivity contribution in [2.45, 2.75) is 6.92 Å². The first kappa shape index (κ1) is 17.9. The number of nitrogens with one attached hydrogen (secondary N) is 1. The van der Waals surface area contributed by atoms with Crippen LogP contribution in [-0.2, 0) is 4.79 Å². The molecule has 0 atom stereocenters. The van der Waals surface area contributed by atoms with Gasteiger partial charge in [-0.15, -0.1) is 0 Å². The van der Waals surface area contributed by atoms with Gasteiger partial charge in [-0.3, -0.25) is 19.3 Å². The molecule has 1 aromatic carbocycles. The lowest BCUT2D eigenvalue weighted by molar-refractivity contribution is -0.122. The number of imide groups is 1. The summed E-state index contributed by atoms with van der Waals surface area (Å²) in [6, 6.07) is 7.28. The third-order valence-corrected chi connectivity index (χ3v) is 4.64. The lowest BCUT2D eigenvalue weighted by atomic mass is 10.2. The third kappa shape index (κ3) is 3.85. The maximum absolute atomic E-state index is 12.9. The van der Waals surface area contributed by atoms with Gasteiger partial charge < -0.3 is 9.73 Å². The molecule has 1 aliphatic heterocycles. The monoisotopic (exact) mass is 374 g/mol. The molecule has 8 heteroatoms. The maximum atomic E-state index is 12.9. The summed E-state index contributed by atoms with van der Waals surface area (Å²) < 4.78 is 18.0. The average Bonchev–Trinajstić information content (AvgIpc) is 3.15. The van der Waals surface area contributed by atoms with Gasteiger partial charge in [0.05, 0.1) is 11.2 Å². The summed E-state index contributed by atoms with van der Waals surface area (Å²) >= 11 is 0.813. The molecule has 26 heavy (non-hydrogen) atoms. The van der Waals surface area contributed by atoms with Crippen LogP contribution in [0.4, 0.5) is 9.18 Å². The van der Waals surface area contributed by atoms with Crippen molar-refractivity contribution in [3.05, 3.63) is 64.2 Å². The molecule has 3 amide bonds. The van der Waals surface area contributed by atoms with Crippen molar-refractivity contribution in [1.29, 1.82) is 0 Å². The van der Waals surface area contributed by atoms with Crippen LogP contribution < -0.4 is 5.32 Å². The largest absolute Gasteiger partial charge is 0.459 e. The summed E-state index contributed by atoms with van der Waals surface area (Å²) in [4.78, 5) is 37.7. The number of furan rings is 1. The van der Waals surface area contributed by atoms with Crippen molar-refractivity contribution in [1.82, 2.24) is 10.2 Å². The van der Waals surface area contributed by atoms with Crippen LogP contribution in [0.1, 0.15) is 21.7 Å². The summed E-state index contributed by atoms with van der Waals surface area (Å²) in [6.07, 6.45) is 2.95. The van der Waals surface area contributed by atoms with Gasteiger partial charge in [0.15, 0.2) is 5.76 Å². The van der Waals surface area contributed by atoms with E-state index in [0.29, 0.717) is 11.1 Å². The number of hydrogen-bond acceptors (Lipinski definition) is 5. The standard InChI is InChI=1S/C18H15FN2O4S/c1-11-6-9-25-15(11)16(22)20-7-8-21-17(23)14(26-18(21)24)10-12-2-4-13(19)5-3-12/h2-6,9-10H,7-8H2,1H3,(H,20,22). The predicted molar refractivity (Wildman–Crippen MR) is 94.9 cm³/mol. The van der Waals surface area contributed by atoms with E-state index in [0.717, 1.165) is 16.7 Å². The topological polar surface area (TPSA) is 79.6 Å². The molecule has 0 radical (unpaired) electrons. The van der Waals surface area contributed by atoms with Crippen LogP contribution >= 0.6 is 11.8 Å². The van der Waals surface area contributed by atoms with E-state index in [9.17, 15) is 18.8 Å². The molecule has 1 aromatic heterocycles. The molecule has 0 bridgehead atoms. The van der Waals surface area contributed by atoms with Gasteiger partial charge in [-0.05, 0) is 48.5 Å². The van der Waals surface area contributed by atoms with Gasteiger partial charge in [-0.2, -0.15) is 0 Å². The molecule has 0 unspecified atom stereocenters. The van der Waals surface area contributed by atoms with Crippen LogP contribution in [0.5, 0.6) is 0 Å². The number of halogens is 1. The van der Waals surface area contributed by atoms with E-state index < -0.39 is 17.1 Å². The van der Waals surface area contributed by atoms with Gasteiger partial charge in [-0.1, -0.05) is 12.1 Å². The number of carbonyl (C=O) groups excluding carboxylic acids is 3. The molecule has 6 nitrogen and oxygen atoms in total. The Kier molecular flexibility index (Phi) is 5.22. The fourth-order valence-corrected chi connectivity index (χ4v) is 3.24. The second kappa shape index (κ2) is 7.57. The molecular formula is C18H15FN2O4S. The third-order valence-electron chi connectivity index (χ3n) is 3.73. The van der Waals surface area contributed by atoms with Gasteiger partial charge in [-0.25, -0.2) is 4.39 Å². The van der Waals surface area contributed by atoms with Crippen molar-refractivity contribution < 1.29 is 23.2 Å². The normalized spacial score (nSPS) is 15.8. The van der Waals surface area contributed by atoms with E-state index >= 15 is 0 Å². The summed E-state index contributed by atoms with van der Waals surface area (Å²) in [5.41, 5.74) is 1.33. The Labute approximate surface area is 153 Å². The molecule has 1 N–H and O–H groups in total. The molecular weight excluding hydrogens is 359 g/mol. The van der Waals surface area contributed by atoms with E-state index in [1.165, 1.54) is 36.6 Å². The van der Waals surface area contributed by atoms with Crippen molar-refractivity contribution in [3.63, 3.8) is 0 Å². The molecule has 0 aliphatic carbocycles. The first-order chi connectivity index (χ1) is 12.5. The fraction of sp³-hybridized carbons (Fsp3) is 0.167. The van der Waals surface area contributed by atoms with E-state index in [2.05, 4.69) is 5.32 Å². The molecule has 1 saturated heterocycles. The minimum atomic E-state index is -0.437. The Morgan fingerprint density at radius 1 is 1.27 bits per heavy atom. The van der Waals surface area contributed by atoms with Crippen molar-refractivity contribution in [2.75, 3.05) is 13.1 Å². The Balaban J connectivity index is 1.60. The highest BCUT2D eigenvalue weighted by Crippen LogP contribution is 2.31. The van der Waals surface area contributed by atoms with Crippen LogP contribution in [0, 0.1) is 12.7 Å². The van der Waals surface area contributed by atoms with Gasteiger partial charge in [0.2, 0.25) is 0 Å². The Bertz CT molecular complexity index is 889. The van der Waals surface area contributed by atoms with Crippen molar-refractivity contribution in [2.24, 2.45) is 0 Å². The molecule has 1 aliphatic rings.